The Labute approximate surface area is 272 Å². The summed E-state index contributed by atoms with van der Waals surface area (Å²) in [6, 6.07) is 19.7. The molecule has 0 saturated heterocycles. The Bertz CT molecular complexity index is 1860. The van der Waals surface area contributed by atoms with E-state index >= 15 is 0 Å². The predicted octanol–water partition coefficient (Wildman–Crippen LogP) is 5.35. The molecule has 0 aliphatic carbocycles. The molecule has 14 heteroatoms. The van der Waals surface area contributed by atoms with Crippen LogP contribution < -0.4 is 19.5 Å². The van der Waals surface area contributed by atoms with Gasteiger partial charge in [0.25, 0.3) is 0 Å². The van der Waals surface area contributed by atoms with E-state index in [0.29, 0.717) is 50.0 Å². The van der Waals surface area contributed by atoms with Crippen LogP contribution in [0.3, 0.4) is 0 Å². The number of benzene rings is 4. The van der Waals surface area contributed by atoms with Gasteiger partial charge < -0.3 is 29.5 Å². The number of aliphatic carboxylic acids is 2. The van der Waals surface area contributed by atoms with E-state index in [-0.39, 0.29) is 24.8 Å². The second-order valence-electron chi connectivity index (χ2n) is 10.00. The first-order valence-corrected chi connectivity index (χ1v) is 14.6. The number of rotatable bonds is 15. The number of aliphatic hydroxyl groups excluding tert-OH is 1. The number of carbonyl (C=O) groups is 2. The number of aromatic nitrogens is 2. The molecule has 5 rings (SSSR count). The minimum Gasteiger partial charge on any atom is -0.488 e. The standard InChI is InChI=1S/C32H27Cl2N3O9/c33-24-11-21(13-35-27(14-38)32(41)42)28(44-15-18-7-8-25-26(9-18)37-46-36-25)12-29(24)45-16-20-4-2-6-23(31(20)34)19-3-1-5-22(10-19)43-17-30(39)40/h1-12,27,35,38H,13-17H2,(H,39,40)(H,41,42). The highest BCUT2D eigenvalue weighted by Gasteiger charge is 2.19. The summed E-state index contributed by atoms with van der Waals surface area (Å²) >= 11 is 13.4. The molecule has 0 spiro atoms. The summed E-state index contributed by atoms with van der Waals surface area (Å²) in [6.07, 6.45) is 0. The van der Waals surface area contributed by atoms with E-state index in [1.807, 2.05) is 24.3 Å². The Hall–Kier alpha value is -4.88. The van der Waals surface area contributed by atoms with Gasteiger partial charge in [0.05, 0.1) is 16.7 Å². The average molecular weight is 668 g/mol. The van der Waals surface area contributed by atoms with Crippen LogP contribution in [-0.2, 0) is 29.3 Å². The number of hydrogen-bond donors (Lipinski definition) is 4. The van der Waals surface area contributed by atoms with E-state index in [0.717, 1.165) is 11.1 Å². The molecule has 12 nitrogen and oxygen atoms in total. The Morgan fingerprint density at radius 1 is 0.848 bits per heavy atom. The van der Waals surface area contributed by atoms with E-state index < -0.39 is 31.2 Å². The van der Waals surface area contributed by atoms with Gasteiger partial charge in [-0.3, -0.25) is 10.1 Å². The van der Waals surface area contributed by atoms with Crippen LogP contribution >= 0.6 is 23.2 Å². The first-order valence-electron chi connectivity index (χ1n) is 13.8. The molecule has 0 saturated carbocycles. The highest BCUT2D eigenvalue weighted by molar-refractivity contribution is 6.34. The van der Waals surface area contributed by atoms with Crippen molar-refractivity contribution < 1.29 is 43.7 Å². The summed E-state index contributed by atoms with van der Waals surface area (Å²) in [6.45, 7) is -0.876. The van der Waals surface area contributed by atoms with Gasteiger partial charge in [-0.25, -0.2) is 9.42 Å². The number of hydrogen-bond acceptors (Lipinski definition) is 10. The maximum absolute atomic E-state index is 11.4. The Balaban J connectivity index is 1.36. The number of aliphatic hydroxyl groups is 1. The minimum absolute atomic E-state index is 0.0300. The Morgan fingerprint density at radius 2 is 1.63 bits per heavy atom. The van der Waals surface area contributed by atoms with Crippen LogP contribution in [-0.4, -0.2) is 56.8 Å². The summed E-state index contributed by atoms with van der Waals surface area (Å²) in [5.41, 5.74) is 4.54. The summed E-state index contributed by atoms with van der Waals surface area (Å²) in [5, 5.41) is 38.8. The third-order valence-electron chi connectivity index (χ3n) is 6.82. The van der Waals surface area contributed by atoms with Crippen LogP contribution in [0.4, 0.5) is 0 Å². The third-order valence-corrected chi connectivity index (χ3v) is 7.56. The van der Waals surface area contributed by atoms with Gasteiger partial charge in [-0.1, -0.05) is 59.6 Å². The van der Waals surface area contributed by atoms with Gasteiger partial charge in [-0.05, 0) is 51.8 Å². The van der Waals surface area contributed by atoms with Crippen LogP contribution in [0.25, 0.3) is 22.2 Å². The number of carboxylic acids is 2. The van der Waals surface area contributed by atoms with Crippen LogP contribution in [0.5, 0.6) is 17.2 Å². The molecule has 0 bridgehead atoms. The lowest BCUT2D eigenvalue weighted by Crippen LogP contribution is -2.39. The summed E-state index contributed by atoms with van der Waals surface area (Å²) in [5.74, 6) is -1.24. The molecule has 0 amide bonds. The van der Waals surface area contributed by atoms with Gasteiger partial charge in [0.2, 0.25) is 0 Å². The molecule has 1 heterocycles. The number of fused-ring (bicyclic) bond motifs is 1. The number of ether oxygens (including phenoxy) is 3. The smallest absolute Gasteiger partial charge is 0.341 e. The predicted molar refractivity (Wildman–Crippen MR) is 167 cm³/mol. The summed E-state index contributed by atoms with van der Waals surface area (Å²) < 4.78 is 22.3. The van der Waals surface area contributed by atoms with Gasteiger partial charge in [-0.15, -0.1) is 0 Å². The van der Waals surface area contributed by atoms with Gasteiger partial charge in [0.1, 0.15) is 47.5 Å². The van der Waals surface area contributed by atoms with E-state index in [4.69, 9.17) is 47.1 Å². The lowest BCUT2D eigenvalue weighted by atomic mass is 10.0. The quantitative estimate of drug-likeness (QED) is 0.113. The maximum Gasteiger partial charge on any atom is 0.341 e. The zero-order chi connectivity index (χ0) is 32.6. The topological polar surface area (TPSA) is 173 Å². The summed E-state index contributed by atoms with van der Waals surface area (Å²) in [4.78, 5) is 22.3. The zero-order valence-electron chi connectivity index (χ0n) is 24.0. The third kappa shape index (κ3) is 8.03. The van der Waals surface area contributed by atoms with Crippen molar-refractivity contribution in [1.82, 2.24) is 15.6 Å². The lowest BCUT2D eigenvalue weighted by Gasteiger charge is -2.18. The Kier molecular flexibility index (Phi) is 10.6. The van der Waals surface area contributed by atoms with E-state index in [2.05, 4.69) is 15.6 Å². The maximum atomic E-state index is 11.4. The molecule has 4 N–H and O–H groups in total. The fourth-order valence-electron chi connectivity index (χ4n) is 4.47. The first kappa shape index (κ1) is 32.5. The molecular formula is C32H27Cl2N3O9. The van der Waals surface area contributed by atoms with Crippen molar-refractivity contribution in [3.8, 4) is 28.4 Å². The van der Waals surface area contributed by atoms with Crippen LogP contribution in [0, 0.1) is 0 Å². The molecule has 4 aromatic carbocycles. The number of halogens is 2. The molecule has 0 aliphatic heterocycles. The monoisotopic (exact) mass is 667 g/mol. The molecule has 1 aromatic heterocycles. The Morgan fingerprint density at radius 3 is 2.41 bits per heavy atom. The number of nitrogens with one attached hydrogen (secondary N) is 1. The second-order valence-corrected chi connectivity index (χ2v) is 10.8. The lowest BCUT2D eigenvalue weighted by molar-refractivity contribution is -0.141. The molecule has 46 heavy (non-hydrogen) atoms. The van der Waals surface area contributed by atoms with Crippen molar-refractivity contribution in [3.63, 3.8) is 0 Å². The van der Waals surface area contributed by atoms with E-state index in [9.17, 15) is 19.8 Å². The van der Waals surface area contributed by atoms with Gasteiger partial charge in [-0.2, -0.15) is 0 Å². The fourth-order valence-corrected chi connectivity index (χ4v) is 5.00. The van der Waals surface area contributed by atoms with Crippen molar-refractivity contribution >= 4 is 46.2 Å². The molecule has 238 valence electrons. The van der Waals surface area contributed by atoms with Gasteiger partial charge >= 0.3 is 11.9 Å². The van der Waals surface area contributed by atoms with E-state index in [1.165, 1.54) is 0 Å². The molecule has 0 aliphatic rings. The summed E-state index contributed by atoms with van der Waals surface area (Å²) in [7, 11) is 0. The second kappa shape index (κ2) is 14.9. The van der Waals surface area contributed by atoms with Crippen molar-refractivity contribution in [1.29, 1.82) is 0 Å². The molecule has 5 aromatic rings. The molecule has 0 radical (unpaired) electrons. The van der Waals surface area contributed by atoms with Crippen LogP contribution in [0.15, 0.2) is 77.4 Å². The SMILES string of the molecule is O=C(O)COc1cccc(-c2cccc(COc3cc(OCc4ccc5nonc5c4)c(CNC(CO)C(=O)O)cc3Cl)c2Cl)c1. The highest BCUT2D eigenvalue weighted by Crippen LogP contribution is 2.36. The molecule has 0 fully saturated rings. The highest BCUT2D eigenvalue weighted by atomic mass is 35.5. The molecule has 1 unspecified atom stereocenters. The van der Waals surface area contributed by atoms with Gasteiger partial charge in [0.15, 0.2) is 6.61 Å². The van der Waals surface area contributed by atoms with Gasteiger partial charge in [0, 0.05) is 29.3 Å². The number of carboxylic acid groups (broad SMARTS) is 2. The minimum atomic E-state index is -1.20. The fraction of sp³-hybridized carbons (Fsp3) is 0.188. The van der Waals surface area contributed by atoms with Crippen molar-refractivity contribution in [2.24, 2.45) is 0 Å². The first-order chi connectivity index (χ1) is 22.2. The largest absolute Gasteiger partial charge is 0.488 e. The average Bonchev–Trinajstić information content (AvgIpc) is 3.52. The molecular weight excluding hydrogens is 641 g/mol. The van der Waals surface area contributed by atoms with Crippen LogP contribution in [0.1, 0.15) is 16.7 Å². The van der Waals surface area contributed by atoms with Crippen molar-refractivity contribution in [2.75, 3.05) is 13.2 Å². The van der Waals surface area contributed by atoms with Crippen LogP contribution in [0.2, 0.25) is 10.0 Å². The zero-order valence-corrected chi connectivity index (χ0v) is 25.5. The van der Waals surface area contributed by atoms with Crippen molar-refractivity contribution in [2.45, 2.75) is 25.8 Å². The molecule has 1 atom stereocenters. The van der Waals surface area contributed by atoms with E-state index in [1.54, 1.807) is 48.5 Å². The normalized spacial score (nSPS) is 11.7. The number of nitrogens with zero attached hydrogens (tertiary/aromatic N) is 2. The van der Waals surface area contributed by atoms with Crippen molar-refractivity contribution in [3.05, 3.63) is 99.5 Å².